The number of hydrogen-bond acceptors (Lipinski definition) is 4. The van der Waals surface area contributed by atoms with Crippen LogP contribution in [0, 0.1) is 11.8 Å². The summed E-state index contributed by atoms with van der Waals surface area (Å²) in [7, 11) is 0. The minimum Gasteiger partial charge on any atom is -0.357 e. The van der Waals surface area contributed by atoms with Crippen LogP contribution >= 0.6 is 11.3 Å². The Morgan fingerprint density at radius 2 is 2.06 bits per heavy atom. The van der Waals surface area contributed by atoms with Crippen LogP contribution in [-0.2, 0) is 6.42 Å². The SMILES string of the molecule is CCc1nnc(NC2CCCCC2C(C)C)s1. The lowest BCUT2D eigenvalue weighted by Gasteiger charge is -2.34. The second kappa shape index (κ2) is 5.80. The Balaban J connectivity index is 2.00. The Morgan fingerprint density at radius 3 is 2.71 bits per heavy atom. The third-order valence-corrected chi connectivity index (χ3v) is 4.75. The van der Waals surface area contributed by atoms with Crippen LogP contribution in [-0.4, -0.2) is 16.2 Å². The summed E-state index contributed by atoms with van der Waals surface area (Å²) in [5.41, 5.74) is 0. The van der Waals surface area contributed by atoms with Crippen molar-refractivity contribution in [3.8, 4) is 0 Å². The number of hydrogen-bond donors (Lipinski definition) is 1. The van der Waals surface area contributed by atoms with Gasteiger partial charge in [-0.1, -0.05) is 44.9 Å². The van der Waals surface area contributed by atoms with Gasteiger partial charge in [0.2, 0.25) is 5.13 Å². The highest BCUT2D eigenvalue weighted by Gasteiger charge is 2.28. The predicted octanol–water partition coefficient (Wildman–Crippen LogP) is 3.73. The Bertz CT molecular complexity index is 348. The van der Waals surface area contributed by atoms with Crippen LogP contribution in [0.2, 0.25) is 0 Å². The fourth-order valence-electron chi connectivity index (χ4n) is 2.75. The summed E-state index contributed by atoms with van der Waals surface area (Å²) in [5, 5.41) is 14.2. The zero-order valence-electron chi connectivity index (χ0n) is 11.1. The zero-order chi connectivity index (χ0) is 12.3. The van der Waals surface area contributed by atoms with E-state index in [0.29, 0.717) is 6.04 Å². The molecule has 3 nitrogen and oxygen atoms in total. The predicted molar refractivity (Wildman–Crippen MR) is 73.5 cm³/mol. The van der Waals surface area contributed by atoms with Crippen molar-refractivity contribution in [2.45, 2.75) is 58.9 Å². The van der Waals surface area contributed by atoms with Gasteiger partial charge in [0, 0.05) is 6.04 Å². The van der Waals surface area contributed by atoms with Gasteiger partial charge in [0.05, 0.1) is 0 Å². The van der Waals surface area contributed by atoms with E-state index in [1.54, 1.807) is 11.3 Å². The molecule has 0 aliphatic heterocycles. The first-order chi connectivity index (χ1) is 8.20. The molecule has 4 heteroatoms. The van der Waals surface area contributed by atoms with Crippen molar-refractivity contribution in [2.24, 2.45) is 11.8 Å². The van der Waals surface area contributed by atoms with Gasteiger partial charge in [-0.05, 0) is 31.1 Å². The lowest BCUT2D eigenvalue weighted by atomic mass is 9.78. The number of nitrogens with one attached hydrogen (secondary N) is 1. The molecule has 0 spiro atoms. The first kappa shape index (κ1) is 12.8. The van der Waals surface area contributed by atoms with Crippen LogP contribution in [0.5, 0.6) is 0 Å². The van der Waals surface area contributed by atoms with Crippen LogP contribution in [0.1, 0.15) is 51.5 Å². The van der Waals surface area contributed by atoms with Crippen molar-refractivity contribution in [1.82, 2.24) is 10.2 Å². The molecule has 0 amide bonds. The van der Waals surface area contributed by atoms with Crippen molar-refractivity contribution < 1.29 is 0 Å². The normalized spacial score (nSPS) is 25.2. The molecule has 1 fully saturated rings. The molecule has 2 unspecified atom stereocenters. The molecule has 1 aromatic heterocycles. The van der Waals surface area contributed by atoms with Gasteiger partial charge < -0.3 is 5.32 Å². The van der Waals surface area contributed by atoms with E-state index in [9.17, 15) is 0 Å². The summed E-state index contributed by atoms with van der Waals surface area (Å²) in [6.07, 6.45) is 6.36. The first-order valence-corrected chi connectivity index (χ1v) is 7.61. The van der Waals surface area contributed by atoms with Crippen molar-refractivity contribution in [1.29, 1.82) is 0 Å². The molecule has 2 rings (SSSR count). The quantitative estimate of drug-likeness (QED) is 0.888. The maximum absolute atomic E-state index is 4.23. The Labute approximate surface area is 108 Å². The second-order valence-electron chi connectivity index (χ2n) is 5.30. The fraction of sp³-hybridized carbons (Fsp3) is 0.846. The molecule has 0 radical (unpaired) electrons. The number of aryl methyl sites for hydroxylation is 1. The molecular weight excluding hydrogens is 230 g/mol. The number of aromatic nitrogens is 2. The summed E-state index contributed by atoms with van der Waals surface area (Å²) in [4.78, 5) is 0. The maximum atomic E-state index is 4.23. The highest BCUT2D eigenvalue weighted by atomic mass is 32.1. The molecule has 17 heavy (non-hydrogen) atoms. The van der Waals surface area contributed by atoms with Gasteiger partial charge in [-0.15, -0.1) is 10.2 Å². The summed E-state index contributed by atoms with van der Waals surface area (Å²) < 4.78 is 0. The molecule has 1 saturated carbocycles. The number of rotatable bonds is 4. The fourth-order valence-corrected chi connectivity index (χ4v) is 3.49. The van der Waals surface area contributed by atoms with E-state index in [1.165, 1.54) is 25.7 Å². The Kier molecular flexibility index (Phi) is 4.37. The molecule has 0 aromatic carbocycles. The van der Waals surface area contributed by atoms with E-state index in [4.69, 9.17) is 0 Å². The lowest BCUT2D eigenvalue weighted by molar-refractivity contribution is 0.253. The standard InChI is InChI=1S/C13H23N3S/c1-4-12-15-16-13(17-12)14-11-8-6-5-7-10(11)9(2)3/h9-11H,4-8H2,1-3H3,(H,14,16). The number of nitrogens with zero attached hydrogens (tertiary/aromatic N) is 2. The van der Waals surface area contributed by atoms with E-state index in [0.717, 1.165) is 28.4 Å². The van der Waals surface area contributed by atoms with Gasteiger partial charge >= 0.3 is 0 Å². The average molecular weight is 253 g/mol. The third kappa shape index (κ3) is 3.18. The summed E-state index contributed by atoms with van der Waals surface area (Å²) in [5.74, 6) is 1.55. The van der Waals surface area contributed by atoms with E-state index in [1.807, 2.05) is 0 Å². The average Bonchev–Trinajstić information content (AvgIpc) is 2.77. The maximum Gasteiger partial charge on any atom is 0.205 e. The molecule has 0 saturated heterocycles. The minimum absolute atomic E-state index is 0.599. The molecule has 1 heterocycles. The minimum atomic E-state index is 0.599. The smallest absolute Gasteiger partial charge is 0.205 e. The van der Waals surface area contributed by atoms with Crippen LogP contribution in [0.3, 0.4) is 0 Å². The molecular formula is C13H23N3S. The van der Waals surface area contributed by atoms with Gasteiger partial charge in [0.25, 0.3) is 0 Å². The van der Waals surface area contributed by atoms with E-state index < -0.39 is 0 Å². The van der Waals surface area contributed by atoms with Crippen molar-refractivity contribution >= 4 is 16.5 Å². The van der Waals surface area contributed by atoms with E-state index >= 15 is 0 Å². The van der Waals surface area contributed by atoms with Gasteiger partial charge in [-0.3, -0.25) is 0 Å². The largest absolute Gasteiger partial charge is 0.357 e. The van der Waals surface area contributed by atoms with Gasteiger partial charge in [0.15, 0.2) is 0 Å². The summed E-state index contributed by atoms with van der Waals surface area (Å²) in [6, 6.07) is 0.599. The molecule has 1 aromatic rings. The molecule has 96 valence electrons. The molecule has 1 aliphatic rings. The van der Waals surface area contributed by atoms with Crippen LogP contribution in [0.4, 0.5) is 5.13 Å². The van der Waals surface area contributed by atoms with Crippen LogP contribution < -0.4 is 5.32 Å². The highest BCUT2D eigenvalue weighted by Crippen LogP contribution is 2.32. The van der Waals surface area contributed by atoms with Crippen LogP contribution in [0.15, 0.2) is 0 Å². The number of anilines is 1. The molecule has 2 atom stereocenters. The topological polar surface area (TPSA) is 37.8 Å². The van der Waals surface area contributed by atoms with E-state index in [2.05, 4.69) is 36.3 Å². The Hall–Kier alpha value is -0.640. The van der Waals surface area contributed by atoms with E-state index in [-0.39, 0.29) is 0 Å². The second-order valence-corrected chi connectivity index (χ2v) is 6.36. The monoisotopic (exact) mass is 253 g/mol. The van der Waals surface area contributed by atoms with Crippen molar-refractivity contribution in [3.05, 3.63) is 5.01 Å². The third-order valence-electron chi connectivity index (χ3n) is 3.75. The van der Waals surface area contributed by atoms with Crippen molar-refractivity contribution in [3.63, 3.8) is 0 Å². The molecule has 1 aliphatic carbocycles. The lowest BCUT2D eigenvalue weighted by Crippen LogP contribution is -2.35. The molecule has 1 N–H and O–H groups in total. The zero-order valence-corrected chi connectivity index (χ0v) is 11.9. The summed E-state index contributed by atoms with van der Waals surface area (Å²) >= 11 is 1.71. The van der Waals surface area contributed by atoms with Gasteiger partial charge in [-0.25, -0.2) is 0 Å². The highest BCUT2D eigenvalue weighted by molar-refractivity contribution is 7.15. The van der Waals surface area contributed by atoms with Crippen molar-refractivity contribution in [2.75, 3.05) is 5.32 Å². The van der Waals surface area contributed by atoms with Crippen LogP contribution in [0.25, 0.3) is 0 Å². The Morgan fingerprint density at radius 1 is 1.29 bits per heavy atom. The van der Waals surface area contributed by atoms with Gasteiger partial charge in [-0.2, -0.15) is 0 Å². The molecule has 0 bridgehead atoms. The summed E-state index contributed by atoms with van der Waals surface area (Å²) in [6.45, 7) is 6.80. The van der Waals surface area contributed by atoms with Gasteiger partial charge in [0.1, 0.15) is 5.01 Å². The first-order valence-electron chi connectivity index (χ1n) is 6.79.